The van der Waals surface area contributed by atoms with Crippen molar-refractivity contribution >= 4 is 27.3 Å². The largest absolute Gasteiger partial charge is 0.379 e. The molecule has 1 aromatic rings. The fourth-order valence-electron chi connectivity index (χ4n) is 2.92. The monoisotopic (exact) mass is 359 g/mol. The number of thiophene rings is 1. The summed E-state index contributed by atoms with van der Waals surface area (Å²) >= 11 is 1.17. The summed E-state index contributed by atoms with van der Waals surface area (Å²) in [5, 5.41) is 1.66. The van der Waals surface area contributed by atoms with Gasteiger partial charge in [0.15, 0.2) is 0 Å². The molecule has 7 nitrogen and oxygen atoms in total. The standard InChI is InChI=1S/C14H21N3O4S2/c15-11-2-1-4-16(10-11)14(18)13-12(3-9-22-13)23(19,20)17-5-7-21-8-6-17/h3,9,11H,1-2,4-8,10,15H2. The van der Waals surface area contributed by atoms with E-state index in [1.165, 1.54) is 21.7 Å². The predicted molar refractivity (Wildman–Crippen MR) is 87.0 cm³/mol. The van der Waals surface area contributed by atoms with Gasteiger partial charge in [0.2, 0.25) is 10.0 Å². The molecule has 1 amide bonds. The molecule has 1 unspecified atom stereocenters. The first-order valence-corrected chi connectivity index (χ1v) is 10.0. The molecule has 2 fully saturated rings. The Kier molecular flexibility index (Phi) is 5.02. The Morgan fingerprint density at radius 3 is 2.74 bits per heavy atom. The molecule has 2 aliphatic heterocycles. The van der Waals surface area contributed by atoms with Crippen molar-refractivity contribution < 1.29 is 17.9 Å². The topological polar surface area (TPSA) is 92.9 Å². The number of ether oxygens (including phenoxy) is 1. The Hall–Kier alpha value is -1.00. The maximum Gasteiger partial charge on any atom is 0.265 e. The second kappa shape index (κ2) is 6.86. The summed E-state index contributed by atoms with van der Waals surface area (Å²) < 4.78 is 32.2. The average molecular weight is 359 g/mol. The summed E-state index contributed by atoms with van der Waals surface area (Å²) in [4.78, 5) is 14.8. The maximum absolute atomic E-state index is 12.8. The number of amides is 1. The molecule has 2 saturated heterocycles. The number of piperidine rings is 1. The zero-order valence-corrected chi connectivity index (χ0v) is 14.4. The molecule has 23 heavy (non-hydrogen) atoms. The smallest absolute Gasteiger partial charge is 0.265 e. The van der Waals surface area contributed by atoms with Crippen LogP contribution in [0.2, 0.25) is 0 Å². The zero-order valence-electron chi connectivity index (χ0n) is 12.8. The molecule has 1 aromatic heterocycles. The van der Waals surface area contributed by atoms with Crippen molar-refractivity contribution in [1.82, 2.24) is 9.21 Å². The van der Waals surface area contributed by atoms with Gasteiger partial charge in [0.25, 0.3) is 5.91 Å². The normalized spacial score (nSPS) is 23.9. The molecule has 1 atom stereocenters. The van der Waals surface area contributed by atoms with Crippen LogP contribution in [0.4, 0.5) is 0 Å². The van der Waals surface area contributed by atoms with E-state index < -0.39 is 10.0 Å². The lowest BCUT2D eigenvalue weighted by atomic mass is 10.1. The van der Waals surface area contributed by atoms with Gasteiger partial charge in [-0.3, -0.25) is 4.79 Å². The Morgan fingerprint density at radius 1 is 1.30 bits per heavy atom. The van der Waals surface area contributed by atoms with Crippen LogP contribution in [0.25, 0.3) is 0 Å². The van der Waals surface area contributed by atoms with Crippen LogP contribution in [0.3, 0.4) is 0 Å². The second-order valence-corrected chi connectivity index (χ2v) is 8.61. The Bertz CT molecular complexity index is 667. The van der Waals surface area contributed by atoms with Crippen LogP contribution in [-0.2, 0) is 14.8 Å². The van der Waals surface area contributed by atoms with Gasteiger partial charge in [0.1, 0.15) is 9.77 Å². The van der Waals surface area contributed by atoms with E-state index >= 15 is 0 Å². The highest BCUT2D eigenvalue weighted by Gasteiger charge is 2.33. The summed E-state index contributed by atoms with van der Waals surface area (Å²) in [6, 6.07) is 1.49. The number of carbonyl (C=O) groups excluding carboxylic acids is 1. The number of nitrogens with two attached hydrogens (primary N) is 1. The lowest BCUT2D eigenvalue weighted by Gasteiger charge is -2.31. The molecular formula is C14H21N3O4S2. The minimum Gasteiger partial charge on any atom is -0.379 e. The van der Waals surface area contributed by atoms with Crippen molar-refractivity contribution in [2.24, 2.45) is 5.73 Å². The van der Waals surface area contributed by atoms with E-state index in [1.807, 2.05) is 0 Å². The Labute approximate surface area is 140 Å². The lowest BCUT2D eigenvalue weighted by molar-refractivity contribution is 0.0704. The van der Waals surface area contributed by atoms with Crippen LogP contribution in [0.1, 0.15) is 22.5 Å². The molecule has 0 spiro atoms. The molecule has 3 rings (SSSR count). The number of hydrogen-bond acceptors (Lipinski definition) is 6. The highest BCUT2D eigenvalue weighted by molar-refractivity contribution is 7.89. The van der Waals surface area contributed by atoms with Gasteiger partial charge in [0.05, 0.1) is 13.2 Å². The molecule has 128 valence electrons. The minimum absolute atomic E-state index is 0.0352. The van der Waals surface area contributed by atoms with Crippen LogP contribution in [0, 0.1) is 0 Å². The fourth-order valence-corrected chi connectivity index (χ4v) is 5.69. The number of likely N-dealkylation sites (tertiary alicyclic amines) is 1. The Morgan fingerprint density at radius 2 is 2.04 bits per heavy atom. The van der Waals surface area contributed by atoms with Crippen molar-refractivity contribution in [2.45, 2.75) is 23.8 Å². The fraction of sp³-hybridized carbons (Fsp3) is 0.643. The average Bonchev–Trinajstić information content (AvgIpc) is 3.05. The van der Waals surface area contributed by atoms with Crippen LogP contribution >= 0.6 is 11.3 Å². The van der Waals surface area contributed by atoms with Gasteiger partial charge in [-0.15, -0.1) is 11.3 Å². The number of nitrogens with zero attached hydrogens (tertiary/aromatic N) is 2. The number of rotatable bonds is 3. The second-order valence-electron chi connectivity index (χ2n) is 5.78. The Balaban J connectivity index is 1.85. The van der Waals surface area contributed by atoms with Crippen LogP contribution in [0.15, 0.2) is 16.3 Å². The van der Waals surface area contributed by atoms with E-state index in [0.29, 0.717) is 39.4 Å². The first kappa shape index (κ1) is 16.8. The molecule has 2 aliphatic rings. The van der Waals surface area contributed by atoms with Gasteiger partial charge < -0.3 is 15.4 Å². The molecular weight excluding hydrogens is 338 g/mol. The molecule has 2 N–H and O–H groups in total. The van der Waals surface area contributed by atoms with E-state index in [9.17, 15) is 13.2 Å². The van der Waals surface area contributed by atoms with Crippen molar-refractivity contribution in [3.63, 3.8) is 0 Å². The van der Waals surface area contributed by atoms with Gasteiger partial charge in [-0.25, -0.2) is 8.42 Å². The van der Waals surface area contributed by atoms with Crippen LogP contribution < -0.4 is 5.73 Å². The van der Waals surface area contributed by atoms with Crippen molar-refractivity contribution in [3.8, 4) is 0 Å². The maximum atomic E-state index is 12.8. The zero-order chi connectivity index (χ0) is 16.4. The summed E-state index contributed by atoms with van der Waals surface area (Å²) in [6.45, 7) is 2.51. The third kappa shape index (κ3) is 3.43. The third-order valence-corrected chi connectivity index (χ3v) is 7.13. The molecule has 0 bridgehead atoms. The van der Waals surface area contributed by atoms with Gasteiger partial charge in [-0.05, 0) is 24.3 Å². The first-order chi connectivity index (χ1) is 11.0. The molecule has 3 heterocycles. The quantitative estimate of drug-likeness (QED) is 0.840. The van der Waals surface area contributed by atoms with Crippen LogP contribution in [-0.4, -0.2) is 69.0 Å². The van der Waals surface area contributed by atoms with Gasteiger partial charge in [0, 0.05) is 32.2 Å². The lowest BCUT2D eigenvalue weighted by Crippen LogP contribution is -2.46. The first-order valence-electron chi connectivity index (χ1n) is 7.70. The van der Waals surface area contributed by atoms with E-state index in [0.717, 1.165) is 12.8 Å². The minimum atomic E-state index is -3.66. The van der Waals surface area contributed by atoms with Crippen LogP contribution in [0.5, 0.6) is 0 Å². The molecule has 0 aromatic carbocycles. The summed E-state index contributed by atoms with van der Waals surface area (Å²) in [5.74, 6) is -0.234. The summed E-state index contributed by atoms with van der Waals surface area (Å²) in [7, 11) is -3.66. The number of carbonyl (C=O) groups is 1. The summed E-state index contributed by atoms with van der Waals surface area (Å²) in [5.41, 5.74) is 5.93. The van der Waals surface area contributed by atoms with Crippen molar-refractivity contribution in [1.29, 1.82) is 0 Å². The number of sulfonamides is 1. The highest BCUT2D eigenvalue weighted by Crippen LogP contribution is 2.28. The summed E-state index contributed by atoms with van der Waals surface area (Å²) in [6.07, 6.45) is 1.75. The number of morpholine rings is 1. The van der Waals surface area contributed by atoms with Crippen molar-refractivity contribution in [2.75, 3.05) is 39.4 Å². The van der Waals surface area contributed by atoms with Gasteiger partial charge in [-0.1, -0.05) is 0 Å². The molecule has 0 radical (unpaired) electrons. The highest BCUT2D eigenvalue weighted by atomic mass is 32.2. The van der Waals surface area contributed by atoms with Gasteiger partial charge >= 0.3 is 0 Å². The van der Waals surface area contributed by atoms with E-state index in [4.69, 9.17) is 10.5 Å². The van der Waals surface area contributed by atoms with E-state index in [2.05, 4.69) is 0 Å². The van der Waals surface area contributed by atoms with E-state index in [1.54, 1.807) is 10.3 Å². The van der Waals surface area contributed by atoms with Crippen molar-refractivity contribution in [3.05, 3.63) is 16.3 Å². The molecule has 0 aliphatic carbocycles. The van der Waals surface area contributed by atoms with E-state index in [-0.39, 0.29) is 21.7 Å². The molecule has 0 saturated carbocycles. The SMILES string of the molecule is NC1CCCN(C(=O)c2sccc2S(=O)(=O)N2CCOCC2)C1. The third-order valence-electron chi connectivity index (χ3n) is 4.16. The number of hydrogen-bond donors (Lipinski definition) is 1. The van der Waals surface area contributed by atoms with Gasteiger partial charge in [-0.2, -0.15) is 4.31 Å². The molecule has 9 heteroatoms. The predicted octanol–water partition coefficient (Wildman–Crippen LogP) is 0.332.